The minimum absolute atomic E-state index is 0.0494. The Labute approximate surface area is 550 Å². The number of piperidine rings is 5. The van der Waals surface area contributed by atoms with Gasteiger partial charge in [0.15, 0.2) is 20.5 Å². The summed E-state index contributed by atoms with van der Waals surface area (Å²) < 4.78 is 15.4. The maximum atomic E-state index is 12.7. The van der Waals surface area contributed by atoms with E-state index in [0.29, 0.717) is 82.0 Å². The Morgan fingerprint density at radius 1 is 0.473 bits per heavy atom. The zero-order chi connectivity index (χ0) is 66.6. The van der Waals surface area contributed by atoms with Gasteiger partial charge in [-0.2, -0.15) is 0 Å². The molecule has 4 aromatic heterocycles. The van der Waals surface area contributed by atoms with Crippen molar-refractivity contribution in [1.82, 2.24) is 44.4 Å². The lowest BCUT2D eigenvalue weighted by atomic mass is 9.95. The Bertz CT molecular complexity index is 3010. The largest absolute Gasteiger partial charge is 0.481 e. The molecule has 5 fully saturated rings. The van der Waals surface area contributed by atoms with E-state index in [0.717, 1.165) is 80.7 Å². The number of anilines is 4. The van der Waals surface area contributed by atoms with E-state index < -0.39 is 41.1 Å². The molecule has 5 aliphatic rings. The molecule has 0 aromatic carbocycles. The molecule has 0 atom stereocenters. The number of nitrogens with two attached hydrogens (primary N) is 1. The van der Waals surface area contributed by atoms with Crippen LogP contribution in [0.2, 0.25) is 0 Å². The van der Waals surface area contributed by atoms with Crippen LogP contribution in [0.3, 0.4) is 0 Å². The van der Waals surface area contributed by atoms with E-state index in [9.17, 15) is 38.4 Å². The van der Waals surface area contributed by atoms with Crippen molar-refractivity contribution in [3.05, 3.63) is 44.3 Å². The lowest BCUT2D eigenvalue weighted by Crippen LogP contribution is -2.49. The van der Waals surface area contributed by atoms with Gasteiger partial charge in [-0.05, 0) is 152 Å². The number of amides is 6. The number of aromatic nitrogens is 4. The van der Waals surface area contributed by atoms with E-state index in [1.54, 1.807) is 57.2 Å². The van der Waals surface area contributed by atoms with Crippen molar-refractivity contribution in [3.63, 3.8) is 0 Å². The monoisotopic (exact) mass is 1340 g/mol. The number of likely N-dealkylation sites (tertiary alicyclic amines) is 5. The van der Waals surface area contributed by atoms with Crippen LogP contribution in [0.5, 0.6) is 0 Å². The van der Waals surface area contributed by atoms with Gasteiger partial charge < -0.3 is 49.6 Å². The van der Waals surface area contributed by atoms with Gasteiger partial charge in [0.05, 0.1) is 48.5 Å². The summed E-state index contributed by atoms with van der Waals surface area (Å²) in [6.45, 7) is 30.0. The average Bonchev–Trinajstić information content (AvgIpc) is 2.45. The number of carboxylic acid groups (broad SMARTS) is 1. The number of nitrogen functional groups attached to an aromatic ring is 1. The molecule has 0 radical (unpaired) electrons. The molecule has 91 heavy (non-hydrogen) atoms. The zero-order valence-corrected chi connectivity index (χ0v) is 58.0. The molecular formula is C62H95N13O12S4. The second-order valence-electron chi connectivity index (χ2n) is 26.7. The van der Waals surface area contributed by atoms with Crippen LogP contribution in [-0.2, 0) is 63.9 Å². The van der Waals surface area contributed by atoms with Crippen molar-refractivity contribution in [2.75, 3.05) is 87.1 Å². The minimum Gasteiger partial charge on any atom is -0.481 e. The number of hydrogen-bond donors (Lipinski definition) is 5. The Hall–Kier alpha value is -6.40. The maximum absolute atomic E-state index is 12.7. The molecule has 0 spiro atoms. The second-order valence-corrected chi connectivity index (χ2v) is 30.1. The number of aliphatic carboxylic acids is 1. The summed E-state index contributed by atoms with van der Waals surface area (Å²) in [5, 5.41) is 25.0. The van der Waals surface area contributed by atoms with Crippen LogP contribution in [0.15, 0.2) is 21.5 Å². The summed E-state index contributed by atoms with van der Waals surface area (Å²) >= 11 is 5.12. The Balaban J connectivity index is 0.000000196. The molecule has 25 nitrogen and oxygen atoms in total. The molecule has 0 aliphatic carbocycles. The van der Waals surface area contributed by atoms with Gasteiger partial charge in [0.1, 0.15) is 22.6 Å². The normalized spacial score (nSPS) is 17.7. The molecule has 0 unspecified atom stereocenters. The summed E-state index contributed by atoms with van der Waals surface area (Å²) in [4.78, 5) is 121. The number of nitrogens with one attached hydrogen (secondary N) is 3. The summed E-state index contributed by atoms with van der Waals surface area (Å²) in [6.07, 6.45) is 9.39. The molecule has 9 heterocycles. The number of carbonyl (C=O) groups excluding carboxylic acids is 7. The molecule has 0 saturated carbocycles. The van der Waals surface area contributed by atoms with Gasteiger partial charge in [-0.25, -0.2) is 34.3 Å². The molecular weight excluding hydrogens is 1250 g/mol. The fourth-order valence-electron chi connectivity index (χ4n) is 10.6. The number of carbonyl (C=O) groups is 8. The smallest absolute Gasteiger partial charge is 0.413 e. The lowest BCUT2D eigenvalue weighted by molar-refractivity contribution is -0.136. The van der Waals surface area contributed by atoms with Gasteiger partial charge in [0.2, 0.25) is 17.7 Å². The highest BCUT2D eigenvalue weighted by atomic mass is 32.1. The van der Waals surface area contributed by atoms with Crippen molar-refractivity contribution in [1.29, 1.82) is 0 Å². The van der Waals surface area contributed by atoms with Crippen LogP contribution in [0.1, 0.15) is 163 Å². The highest BCUT2D eigenvalue weighted by Crippen LogP contribution is 2.27. The van der Waals surface area contributed by atoms with Crippen molar-refractivity contribution in [2.24, 2.45) is 11.8 Å². The lowest BCUT2D eigenvalue weighted by Gasteiger charge is -2.41. The molecule has 5 saturated heterocycles. The number of hydrogen-bond acceptors (Lipinski definition) is 22. The summed E-state index contributed by atoms with van der Waals surface area (Å²) in [6, 6.07) is 1.29. The third kappa shape index (κ3) is 27.4. The van der Waals surface area contributed by atoms with Gasteiger partial charge in [-0.15, -0.1) is 45.3 Å². The fourth-order valence-corrected chi connectivity index (χ4v) is 13.3. The maximum Gasteiger partial charge on any atom is 0.413 e. The number of nitrogens with zero attached hydrogens (tertiary/aromatic N) is 9. The average molecular weight is 1340 g/mol. The number of ketones is 1. The number of ether oxygens (including phenoxy) is 3. The first-order chi connectivity index (χ1) is 42.8. The van der Waals surface area contributed by atoms with Crippen LogP contribution >= 0.6 is 45.3 Å². The summed E-state index contributed by atoms with van der Waals surface area (Å²) in [5.74, 6) is 1.22. The molecule has 9 rings (SSSR count). The molecule has 4 aromatic rings. The van der Waals surface area contributed by atoms with Crippen LogP contribution in [0.4, 0.5) is 34.9 Å². The van der Waals surface area contributed by atoms with Gasteiger partial charge >= 0.3 is 24.2 Å². The molecule has 0 bridgehead atoms. The third-order valence-electron chi connectivity index (χ3n) is 15.4. The number of carboxylic acids is 1. The van der Waals surface area contributed by atoms with Gasteiger partial charge in [-0.1, -0.05) is 13.8 Å². The topological polar surface area (TPSA) is 314 Å². The number of rotatable bonds is 13. The van der Waals surface area contributed by atoms with Crippen LogP contribution < -0.4 is 21.7 Å². The van der Waals surface area contributed by atoms with E-state index in [1.165, 1.54) is 85.9 Å². The predicted molar refractivity (Wildman–Crippen MR) is 355 cm³/mol. The van der Waals surface area contributed by atoms with Crippen LogP contribution in [-0.4, -0.2) is 192 Å². The Morgan fingerprint density at radius 3 is 1.07 bits per heavy atom. The van der Waals surface area contributed by atoms with Crippen molar-refractivity contribution in [2.45, 2.75) is 195 Å². The first-order valence-corrected chi connectivity index (χ1v) is 34.9. The zero-order valence-electron chi connectivity index (χ0n) is 54.8. The van der Waals surface area contributed by atoms with E-state index in [4.69, 9.17) is 25.1 Å². The van der Waals surface area contributed by atoms with Gasteiger partial charge in [0.25, 0.3) is 0 Å². The van der Waals surface area contributed by atoms with E-state index >= 15 is 0 Å². The third-order valence-corrected chi connectivity index (χ3v) is 18.5. The first kappa shape index (κ1) is 73.6. The molecule has 5 aliphatic heterocycles. The highest BCUT2D eigenvalue weighted by molar-refractivity contribution is 7.14. The summed E-state index contributed by atoms with van der Waals surface area (Å²) in [7, 11) is 0. The molecule has 504 valence electrons. The van der Waals surface area contributed by atoms with E-state index in [2.05, 4.69) is 59.5 Å². The van der Waals surface area contributed by atoms with Crippen LogP contribution in [0, 0.1) is 11.8 Å². The summed E-state index contributed by atoms with van der Waals surface area (Å²) in [5.41, 5.74) is 6.42. The quantitative estimate of drug-likeness (QED) is 0.0777. The molecule has 6 N–H and O–H groups in total. The predicted octanol–water partition coefficient (Wildman–Crippen LogP) is 10.1. The van der Waals surface area contributed by atoms with E-state index in [-0.39, 0.29) is 42.8 Å². The molecule has 6 amide bonds. The standard InChI is InChI=1S/C21H34N4O3S.C16H26N4OS.C15H21N3O4S.C10H14N2O4S/c1-15-5-9-24(10-6-15)17-7-11-25(12-8-17)18(26)13-16-14-29-19(22-16)23-20(27)28-21(2,3)4;1-12-2-6-19(7-3-12)14-4-8-20(9-5-14)15(21)10-13-11-22-16(17)18-13;1-15(2,3)22-14(21)17-13-16-10(9-23-13)8-12(20)18-6-4-11(19)5-7-18;1-10(2,3)16-9(15)12-8-11-6(5-17-8)4-7(13)14/h14-15,17H,5-13H2,1-4H3,(H,22,23,27);11-12,14H,2-10H2,1H3,(H2,17,18);9H,4-8H2,1-3H3,(H,16,17,21);5H,4H2,1-3H3,(H,13,14)(H,11,12,15). The highest BCUT2D eigenvalue weighted by Gasteiger charge is 2.32. The van der Waals surface area contributed by atoms with Crippen LogP contribution in [0.25, 0.3) is 0 Å². The second kappa shape index (κ2) is 34.5. The van der Waals surface area contributed by atoms with Gasteiger partial charge in [-0.3, -0.25) is 39.9 Å². The number of Topliss-reactive ketones (excluding diaryl/α,β-unsaturated/α-hetero) is 1. The minimum atomic E-state index is -0.959. The fraction of sp³-hybridized carbons (Fsp3) is 0.677. The Kier molecular flexibility index (Phi) is 27.9. The van der Waals surface area contributed by atoms with Crippen molar-refractivity contribution < 1.29 is 57.7 Å². The first-order valence-electron chi connectivity index (χ1n) is 31.4. The SMILES string of the molecule is CC(C)(C)OC(=O)Nc1nc(CC(=O)N2CCC(=O)CC2)cs1.CC(C)(C)OC(=O)Nc1nc(CC(=O)O)cs1.CC1CCN(C2CCN(C(=O)Cc3csc(N)n3)CC2)CC1.CC1CCN(C2CCN(C(=O)Cc3csc(NC(=O)OC(C)(C)C)n3)CC2)CC1. The van der Waals surface area contributed by atoms with Gasteiger partial charge in [0, 0.05) is 85.7 Å². The van der Waals surface area contributed by atoms with Crippen molar-refractivity contribution in [3.8, 4) is 0 Å². The van der Waals surface area contributed by atoms with Crippen molar-refractivity contribution >= 4 is 114 Å². The number of thiazole rings is 4. The Morgan fingerprint density at radius 2 is 0.769 bits per heavy atom. The van der Waals surface area contributed by atoms with E-state index in [1.807, 2.05) is 41.3 Å². The molecule has 29 heteroatoms.